The highest BCUT2D eigenvalue weighted by Gasteiger charge is 1.76. The SMILES string of the molecule is CN/C(C)=C/C=C(\C)N. The summed E-state index contributed by atoms with van der Waals surface area (Å²) in [5, 5.41) is 2.98. The molecular weight excluding hydrogens is 112 g/mol. The van der Waals surface area contributed by atoms with E-state index in [1.807, 2.05) is 33.0 Å². The van der Waals surface area contributed by atoms with Gasteiger partial charge in [-0.15, -0.1) is 0 Å². The molecule has 2 nitrogen and oxygen atoms in total. The van der Waals surface area contributed by atoms with Gasteiger partial charge >= 0.3 is 0 Å². The van der Waals surface area contributed by atoms with Crippen LogP contribution in [0.15, 0.2) is 23.5 Å². The average molecular weight is 126 g/mol. The molecule has 0 amide bonds. The summed E-state index contributed by atoms with van der Waals surface area (Å²) in [6.45, 7) is 3.85. The van der Waals surface area contributed by atoms with Crippen LogP contribution in [0.2, 0.25) is 0 Å². The molecule has 9 heavy (non-hydrogen) atoms. The zero-order chi connectivity index (χ0) is 7.28. The Balaban J connectivity index is 3.83. The maximum absolute atomic E-state index is 5.38. The maximum atomic E-state index is 5.38. The zero-order valence-corrected chi connectivity index (χ0v) is 6.23. The summed E-state index contributed by atoms with van der Waals surface area (Å²) in [4.78, 5) is 0. The van der Waals surface area contributed by atoms with Gasteiger partial charge in [-0.3, -0.25) is 0 Å². The molecular formula is C7H14N2. The van der Waals surface area contributed by atoms with Gasteiger partial charge in [-0.1, -0.05) is 0 Å². The molecule has 3 N–H and O–H groups in total. The summed E-state index contributed by atoms with van der Waals surface area (Å²) in [7, 11) is 1.88. The summed E-state index contributed by atoms with van der Waals surface area (Å²) >= 11 is 0. The first-order valence-corrected chi connectivity index (χ1v) is 2.95. The summed E-state index contributed by atoms with van der Waals surface area (Å²) in [6.07, 6.45) is 3.81. The van der Waals surface area contributed by atoms with Crippen LogP contribution in [0.25, 0.3) is 0 Å². The van der Waals surface area contributed by atoms with Crippen LogP contribution in [0.5, 0.6) is 0 Å². The van der Waals surface area contributed by atoms with Crippen LogP contribution in [-0.2, 0) is 0 Å². The fourth-order valence-electron chi connectivity index (χ4n) is 0.340. The fraction of sp³-hybridized carbons (Fsp3) is 0.429. The van der Waals surface area contributed by atoms with E-state index in [1.54, 1.807) is 0 Å². The van der Waals surface area contributed by atoms with Crippen molar-refractivity contribution in [1.82, 2.24) is 5.32 Å². The zero-order valence-electron chi connectivity index (χ0n) is 6.23. The van der Waals surface area contributed by atoms with Gasteiger partial charge in [0.15, 0.2) is 0 Å². The van der Waals surface area contributed by atoms with E-state index in [0.29, 0.717) is 0 Å². The van der Waals surface area contributed by atoms with Crippen LogP contribution in [0.3, 0.4) is 0 Å². The van der Waals surface area contributed by atoms with E-state index in [2.05, 4.69) is 5.32 Å². The molecule has 2 heteroatoms. The van der Waals surface area contributed by atoms with Crippen molar-refractivity contribution in [2.24, 2.45) is 5.73 Å². The Labute approximate surface area is 56.4 Å². The Morgan fingerprint density at radius 3 is 2.22 bits per heavy atom. The third kappa shape index (κ3) is 4.94. The van der Waals surface area contributed by atoms with Crippen LogP contribution < -0.4 is 11.1 Å². The summed E-state index contributed by atoms with van der Waals surface area (Å²) in [5.74, 6) is 0. The number of rotatable bonds is 2. The van der Waals surface area contributed by atoms with E-state index in [-0.39, 0.29) is 0 Å². The number of hydrogen-bond donors (Lipinski definition) is 2. The van der Waals surface area contributed by atoms with Crippen LogP contribution in [0, 0.1) is 0 Å². The first kappa shape index (κ1) is 8.08. The topological polar surface area (TPSA) is 38.0 Å². The Kier molecular flexibility index (Phi) is 3.60. The van der Waals surface area contributed by atoms with E-state index in [0.717, 1.165) is 11.4 Å². The van der Waals surface area contributed by atoms with Gasteiger partial charge < -0.3 is 11.1 Å². The molecule has 0 aromatic rings. The van der Waals surface area contributed by atoms with Crippen molar-refractivity contribution in [2.75, 3.05) is 7.05 Å². The molecule has 0 radical (unpaired) electrons. The third-order valence-corrected chi connectivity index (χ3v) is 0.991. The normalized spacial score (nSPS) is 13.7. The lowest BCUT2D eigenvalue weighted by Gasteiger charge is -1.94. The molecule has 0 aromatic carbocycles. The van der Waals surface area contributed by atoms with Gasteiger partial charge in [-0.05, 0) is 26.0 Å². The predicted octanol–water partition coefficient (Wildman–Crippen LogP) is 0.972. The molecule has 0 saturated carbocycles. The maximum Gasteiger partial charge on any atom is 0.00730 e. The third-order valence-electron chi connectivity index (χ3n) is 0.991. The molecule has 0 bridgehead atoms. The summed E-state index contributed by atoms with van der Waals surface area (Å²) in [6, 6.07) is 0. The summed E-state index contributed by atoms with van der Waals surface area (Å²) < 4.78 is 0. The minimum absolute atomic E-state index is 0.824. The number of nitrogens with two attached hydrogens (primary N) is 1. The summed E-state index contributed by atoms with van der Waals surface area (Å²) in [5.41, 5.74) is 7.32. The van der Waals surface area contributed by atoms with E-state index in [1.165, 1.54) is 0 Å². The Morgan fingerprint density at radius 2 is 1.89 bits per heavy atom. The van der Waals surface area contributed by atoms with Crippen molar-refractivity contribution in [3.8, 4) is 0 Å². The van der Waals surface area contributed by atoms with Gasteiger partial charge in [0.05, 0.1) is 0 Å². The molecule has 0 atom stereocenters. The van der Waals surface area contributed by atoms with Gasteiger partial charge in [0, 0.05) is 18.4 Å². The first-order valence-electron chi connectivity index (χ1n) is 2.95. The van der Waals surface area contributed by atoms with Gasteiger partial charge in [0.2, 0.25) is 0 Å². The van der Waals surface area contributed by atoms with Crippen molar-refractivity contribution >= 4 is 0 Å². The van der Waals surface area contributed by atoms with Crippen molar-refractivity contribution < 1.29 is 0 Å². The number of allylic oxidation sites excluding steroid dienone is 4. The average Bonchev–Trinajstić information content (AvgIpc) is 1.83. The molecule has 52 valence electrons. The largest absolute Gasteiger partial charge is 0.402 e. The van der Waals surface area contributed by atoms with E-state index in [4.69, 9.17) is 5.73 Å². The second-order valence-corrected chi connectivity index (χ2v) is 2.01. The Hall–Kier alpha value is -0.920. The lowest BCUT2D eigenvalue weighted by Crippen LogP contribution is -2.00. The van der Waals surface area contributed by atoms with Gasteiger partial charge in [-0.2, -0.15) is 0 Å². The van der Waals surface area contributed by atoms with Gasteiger partial charge in [-0.25, -0.2) is 0 Å². The van der Waals surface area contributed by atoms with Crippen molar-refractivity contribution in [1.29, 1.82) is 0 Å². The molecule has 0 aromatic heterocycles. The quantitative estimate of drug-likeness (QED) is 0.541. The fourth-order valence-corrected chi connectivity index (χ4v) is 0.340. The van der Waals surface area contributed by atoms with Crippen LogP contribution >= 0.6 is 0 Å². The van der Waals surface area contributed by atoms with E-state index >= 15 is 0 Å². The van der Waals surface area contributed by atoms with E-state index in [9.17, 15) is 0 Å². The lowest BCUT2D eigenvalue weighted by atomic mass is 10.4. The first-order chi connectivity index (χ1) is 4.16. The Bertz CT molecular complexity index is 130. The minimum atomic E-state index is 0.824. The van der Waals surface area contributed by atoms with Crippen LogP contribution in [-0.4, -0.2) is 7.05 Å². The van der Waals surface area contributed by atoms with Crippen molar-refractivity contribution in [2.45, 2.75) is 13.8 Å². The number of hydrogen-bond acceptors (Lipinski definition) is 2. The predicted molar refractivity (Wildman–Crippen MR) is 40.8 cm³/mol. The van der Waals surface area contributed by atoms with Gasteiger partial charge in [0.1, 0.15) is 0 Å². The molecule has 0 saturated heterocycles. The molecule has 0 unspecified atom stereocenters. The standard InChI is InChI=1S/C7H14N2/c1-6(8)4-5-7(2)9-3/h4-5,9H,8H2,1-3H3/b6-4+,7-5+. The molecule has 0 fully saturated rings. The Morgan fingerprint density at radius 1 is 1.33 bits per heavy atom. The monoisotopic (exact) mass is 126 g/mol. The second-order valence-electron chi connectivity index (χ2n) is 2.01. The molecule has 0 aliphatic heterocycles. The van der Waals surface area contributed by atoms with Crippen molar-refractivity contribution in [3.63, 3.8) is 0 Å². The molecule has 0 rings (SSSR count). The van der Waals surface area contributed by atoms with Crippen LogP contribution in [0.1, 0.15) is 13.8 Å². The molecule has 0 aliphatic carbocycles. The molecule has 0 aliphatic rings. The van der Waals surface area contributed by atoms with Crippen molar-refractivity contribution in [3.05, 3.63) is 23.5 Å². The van der Waals surface area contributed by atoms with E-state index < -0.39 is 0 Å². The highest BCUT2D eigenvalue weighted by molar-refractivity contribution is 5.11. The second kappa shape index (κ2) is 4.01. The molecule has 0 heterocycles. The minimum Gasteiger partial charge on any atom is -0.402 e. The lowest BCUT2D eigenvalue weighted by molar-refractivity contribution is 0.989. The highest BCUT2D eigenvalue weighted by Crippen LogP contribution is 1.87. The van der Waals surface area contributed by atoms with Gasteiger partial charge in [0.25, 0.3) is 0 Å². The number of nitrogens with one attached hydrogen (secondary N) is 1. The smallest absolute Gasteiger partial charge is 0.00730 e. The molecule has 0 spiro atoms. The van der Waals surface area contributed by atoms with Crippen LogP contribution in [0.4, 0.5) is 0 Å². The highest BCUT2D eigenvalue weighted by atomic mass is 14.8.